The Balaban J connectivity index is 2.46. The number of aliphatic hydroxyl groups excluding tert-OH is 1. The van der Waals surface area contributed by atoms with Crippen LogP contribution >= 0.6 is 11.8 Å². The first-order valence-electron chi connectivity index (χ1n) is 6.65. The summed E-state index contributed by atoms with van der Waals surface area (Å²) in [6, 6.07) is 7.96. The molecule has 0 saturated heterocycles. The third-order valence-corrected chi connectivity index (χ3v) is 4.11. The molecule has 0 bridgehead atoms. The summed E-state index contributed by atoms with van der Waals surface area (Å²) in [7, 11) is 0. The Bertz CT molecular complexity index is 407. The lowest BCUT2D eigenvalue weighted by Crippen LogP contribution is -2.16. The van der Waals surface area contributed by atoms with Crippen LogP contribution in [0.1, 0.15) is 38.7 Å². The van der Waals surface area contributed by atoms with Crippen molar-refractivity contribution in [2.24, 2.45) is 0 Å². The molecule has 1 rings (SSSR count). The minimum absolute atomic E-state index is 0.00990. The molecule has 1 unspecified atom stereocenters. The topological polar surface area (TPSA) is 49.3 Å². The zero-order chi connectivity index (χ0) is 14.3. The van der Waals surface area contributed by atoms with E-state index in [0.717, 1.165) is 12.1 Å². The Kier molecular flexibility index (Phi) is 6.95. The second-order valence-electron chi connectivity index (χ2n) is 4.96. The number of anilines is 1. The van der Waals surface area contributed by atoms with E-state index in [4.69, 9.17) is 5.11 Å². The molecule has 0 aromatic heterocycles. The normalized spacial score (nSPS) is 12.5. The number of thioether (sulfide) groups is 1. The van der Waals surface area contributed by atoms with E-state index in [1.807, 2.05) is 25.1 Å². The average molecular weight is 281 g/mol. The molecule has 0 heterocycles. The third-order valence-electron chi connectivity index (χ3n) is 2.87. The molecule has 0 spiro atoms. The third kappa shape index (κ3) is 6.12. The number of benzene rings is 1. The van der Waals surface area contributed by atoms with Crippen LogP contribution in [0.25, 0.3) is 0 Å². The molecule has 19 heavy (non-hydrogen) atoms. The van der Waals surface area contributed by atoms with Crippen molar-refractivity contribution in [2.75, 3.05) is 17.7 Å². The van der Waals surface area contributed by atoms with Crippen molar-refractivity contribution in [3.63, 3.8) is 0 Å². The van der Waals surface area contributed by atoms with Gasteiger partial charge in [-0.2, -0.15) is 0 Å². The summed E-state index contributed by atoms with van der Waals surface area (Å²) in [5, 5.41) is 12.0. The van der Waals surface area contributed by atoms with E-state index in [-0.39, 0.29) is 12.5 Å². The van der Waals surface area contributed by atoms with Gasteiger partial charge >= 0.3 is 0 Å². The Morgan fingerprint density at radius 1 is 1.37 bits per heavy atom. The molecule has 106 valence electrons. The van der Waals surface area contributed by atoms with Crippen LogP contribution < -0.4 is 5.32 Å². The van der Waals surface area contributed by atoms with Crippen LogP contribution in [0.4, 0.5) is 5.69 Å². The largest absolute Gasteiger partial charge is 0.396 e. The first kappa shape index (κ1) is 16.1. The van der Waals surface area contributed by atoms with Gasteiger partial charge in [0.2, 0.25) is 5.91 Å². The van der Waals surface area contributed by atoms with Gasteiger partial charge in [0, 0.05) is 17.5 Å². The van der Waals surface area contributed by atoms with Crippen molar-refractivity contribution < 1.29 is 9.90 Å². The van der Waals surface area contributed by atoms with Gasteiger partial charge in [-0.15, -0.1) is 11.8 Å². The zero-order valence-corrected chi connectivity index (χ0v) is 12.7. The van der Waals surface area contributed by atoms with E-state index in [1.165, 1.54) is 5.56 Å². The number of carbonyl (C=O) groups is 1. The molecule has 4 heteroatoms. The molecule has 1 atom stereocenters. The number of hydrogen-bond acceptors (Lipinski definition) is 3. The van der Waals surface area contributed by atoms with Gasteiger partial charge in [-0.1, -0.05) is 32.9 Å². The molecule has 1 amide bonds. The SMILES string of the molecule is CC(CCO)SCC(=O)Nc1cccc(C(C)C)c1. The summed E-state index contributed by atoms with van der Waals surface area (Å²) in [5.41, 5.74) is 2.07. The predicted molar refractivity (Wildman–Crippen MR) is 82.8 cm³/mol. The van der Waals surface area contributed by atoms with Gasteiger partial charge < -0.3 is 10.4 Å². The minimum atomic E-state index is 0.00990. The summed E-state index contributed by atoms with van der Waals surface area (Å²) in [6.07, 6.45) is 0.723. The lowest BCUT2D eigenvalue weighted by atomic mass is 10.0. The quantitative estimate of drug-likeness (QED) is 0.806. The van der Waals surface area contributed by atoms with Crippen molar-refractivity contribution in [3.8, 4) is 0 Å². The molecule has 1 aromatic carbocycles. The van der Waals surface area contributed by atoms with E-state index in [2.05, 4.69) is 25.2 Å². The summed E-state index contributed by atoms with van der Waals surface area (Å²) < 4.78 is 0. The van der Waals surface area contributed by atoms with Crippen LogP contribution in [0.3, 0.4) is 0 Å². The number of carbonyl (C=O) groups excluding carboxylic acids is 1. The molecular weight excluding hydrogens is 258 g/mol. The van der Waals surface area contributed by atoms with Gasteiger partial charge in [0.05, 0.1) is 5.75 Å². The predicted octanol–water partition coefficient (Wildman–Crippen LogP) is 3.25. The van der Waals surface area contributed by atoms with Crippen LogP contribution in [0, 0.1) is 0 Å². The summed E-state index contributed by atoms with van der Waals surface area (Å²) >= 11 is 1.57. The first-order chi connectivity index (χ1) is 9.02. The van der Waals surface area contributed by atoms with Crippen LogP contribution in [0.5, 0.6) is 0 Å². The van der Waals surface area contributed by atoms with Crippen molar-refractivity contribution in [3.05, 3.63) is 29.8 Å². The van der Waals surface area contributed by atoms with Gasteiger partial charge in [0.1, 0.15) is 0 Å². The summed E-state index contributed by atoms with van der Waals surface area (Å²) in [4.78, 5) is 11.8. The second kappa shape index (κ2) is 8.23. The van der Waals surface area contributed by atoms with Gasteiger partial charge in [0.15, 0.2) is 0 Å². The molecule has 0 radical (unpaired) electrons. The first-order valence-corrected chi connectivity index (χ1v) is 7.70. The molecule has 3 nitrogen and oxygen atoms in total. The zero-order valence-electron chi connectivity index (χ0n) is 11.8. The van der Waals surface area contributed by atoms with E-state index < -0.39 is 0 Å². The van der Waals surface area contributed by atoms with E-state index in [1.54, 1.807) is 11.8 Å². The average Bonchev–Trinajstić information content (AvgIpc) is 2.37. The molecule has 0 aliphatic rings. The monoisotopic (exact) mass is 281 g/mol. The van der Waals surface area contributed by atoms with Gasteiger partial charge in [-0.05, 0) is 30.0 Å². The highest BCUT2D eigenvalue weighted by Crippen LogP contribution is 2.19. The van der Waals surface area contributed by atoms with Crippen molar-refractivity contribution in [2.45, 2.75) is 38.4 Å². The van der Waals surface area contributed by atoms with Crippen LogP contribution in [-0.4, -0.2) is 28.6 Å². The van der Waals surface area contributed by atoms with Crippen LogP contribution in [0.2, 0.25) is 0 Å². The molecule has 2 N–H and O–H groups in total. The van der Waals surface area contributed by atoms with Crippen LogP contribution in [0.15, 0.2) is 24.3 Å². The van der Waals surface area contributed by atoms with E-state index in [9.17, 15) is 4.79 Å². The Morgan fingerprint density at radius 3 is 2.74 bits per heavy atom. The molecule has 0 fully saturated rings. The number of nitrogens with one attached hydrogen (secondary N) is 1. The minimum Gasteiger partial charge on any atom is -0.396 e. The molecule has 0 aliphatic heterocycles. The number of amides is 1. The van der Waals surface area contributed by atoms with Crippen molar-refractivity contribution >= 4 is 23.4 Å². The molecule has 0 aliphatic carbocycles. The standard InChI is InChI=1S/C15H23NO2S/c1-11(2)13-5-4-6-14(9-13)16-15(18)10-19-12(3)7-8-17/h4-6,9,11-12,17H,7-8,10H2,1-3H3,(H,16,18). The van der Waals surface area contributed by atoms with Gasteiger partial charge in [-0.3, -0.25) is 4.79 Å². The Morgan fingerprint density at radius 2 is 2.11 bits per heavy atom. The summed E-state index contributed by atoms with van der Waals surface area (Å²) in [6.45, 7) is 6.46. The molecule has 0 saturated carbocycles. The van der Waals surface area contributed by atoms with E-state index >= 15 is 0 Å². The Labute approximate surface area is 119 Å². The second-order valence-corrected chi connectivity index (χ2v) is 6.39. The smallest absolute Gasteiger partial charge is 0.234 e. The number of rotatable bonds is 7. The fourth-order valence-corrected chi connectivity index (χ4v) is 2.44. The highest BCUT2D eigenvalue weighted by Gasteiger charge is 2.08. The van der Waals surface area contributed by atoms with Crippen molar-refractivity contribution in [1.82, 2.24) is 0 Å². The van der Waals surface area contributed by atoms with Crippen LogP contribution in [-0.2, 0) is 4.79 Å². The van der Waals surface area contributed by atoms with E-state index in [0.29, 0.717) is 16.9 Å². The maximum atomic E-state index is 11.8. The maximum Gasteiger partial charge on any atom is 0.234 e. The number of hydrogen-bond donors (Lipinski definition) is 2. The summed E-state index contributed by atoms with van der Waals surface area (Å²) in [5.74, 6) is 0.888. The highest BCUT2D eigenvalue weighted by molar-refractivity contribution is 8.00. The maximum absolute atomic E-state index is 11.8. The molecular formula is C15H23NO2S. The van der Waals surface area contributed by atoms with Crippen molar-refractivity contribution in [1.29, 1.82) is 0 Å². The Hall–Kier alpha value is -1.00. The number of aliphatic hydroxyl groups is 1. The van der Waals surface area contributed by atoms with Gasteiger partial charge in [-0.25, -0.2) is 0 Å². The highest BCUT2D eigenvalue weighted by atomic mass is 32.2. The van der Waals surface area contributed by atoms with Gasteiger partial charge in [0.25, 0.3) is 0 Å². The fourth-order valence-electron chi connectivity index (χ4n) is 1.66. The lowest BCUT2D eigenvalue weighted by molar-refractivity contribution is -0.113. The molecule has 1 aromatic rings. The lowest BCUT2D eigenvalue weighted by Gasteiger charge is -2.11. The fraction of sp³-hybridized carbons (Fsp3) is 0.533.